The van der Waals surface area contributed by atoms with Crippen molar-refractivity contribution in [2.75, 3.05) is 0 Å². The van der Waals surface area contributed by atoms with Crippen molar-refractivity contribution < 1.29 is 0 Å². The van der Waals surface area contributed by atoms with Gasteiger partial charge < -0.3 is 11.5 Å². The topological polar surface area (TPSA) is 52.0 Å². The van der Waals surface area contributed by atoms with Gasteiger partial charge in [-0.05, 0) is 32.8 Å². The Kier molecular flexibility index (Phi) is 9.70. The van der Waals surface area contributed by atoms with Gasteiger partial charge in [-0.25, -0.2) is 0 Å². The van der Waals surface area contributed by atoms with Crippen molar-refractivity contribution in [1.29, 1.82) is 0 Å². The predicted molar refractivity (Wildman–Crippen MR) is 91.6 cm³/mol. The van der Waals surface area contributed by atoms with E-state index in [4.69, 9.17) is 23.1 Å². The van der Waals surface area contributed by atoms with Crippen LogP contribution in [0.5, 0.6) is 0 Å². The van der Waals surface area contributed by atoms with Crippen LogP contribution in [-0.2, 0) is 0 Å². The van der Waals surface area contributed by atoms with Crippen LogP contribution in [0.2, 0.25) is 0 Å². The molecule has 1 rings (SSSR count). The van der Waals surface area contributed by atoms with E-state index in [0.29, 0.717) is 10.7 Å². The average molecular weight is 299 g/mol. The Morgan fingerprint density at radius 3 is 1.90 bits per heavy atom. The zero-order valence-electron chi connectivity index (χ0n) is 13.5. The van der Waals surface area contributed by atoms with Crippen LogP contribution >= 0.6 is 11.6 Å². The summed E-state index contributed by atoms with van der Waals surface area (Å²) in [6, 6.07) is 0. The van der Waals surface area contributed by atoms with Crippen LogP contribution < -0.4 is 11.5 Å². The van der Waals surface area contributed by atoms with E-state index in [1.165, 1.54) is 25.7 Å². The van der Waals surface area contributed by atoms with Gasteiger partial charge in [-0.15, -0.1) is 0 Å². The van der Waals surface area contributed by atoms with Crippen LogP contribution in [0.3, 0.4) is 0 Å². The third-order valence-electron chi connectivity index (χ3n) is 3.59. The lowest BCUT2D eigenvalue weighted by atomic mass is 9.89. The van der Waals surface area contributed by atoms with E-state index in [9.17, 15) is 0 Å². The van der Waals surface area contributed by atoms with Gasteiger partial charge >= 0.3 is 0 Å². The molecule has 0 unspecified atom stereocenters. The quantitative estimate of drug-likeness (QED) is 0.569. The molecule has 1 aliphatic carbocycles. The van der Waals surface area contributed by atoms with Crippen LogP contribution in [0.1, 0.15) is 66.2 Å². The van der Waals surface area contributed by atoms with Crippen LogP contribution in [0.25, 0.3) is 0 Å². The molecule has 0 atom stereocenters. The lowest BCUT2D eigenvalue weighted by molar-refractivity contribution is 0.458. The second kappa shape index (κ2) is 10.1. The number of hydrogen-bond donors (Lipinski definition) is 2. The second-order valence-electron chi connectivity index (χ2n) is 5.09. The number of hydrogen-bond acceptors (Lipinski definition) is 2. The number of rotatable bonds is 3. The Bertz CT molecular complexity index is 359. The minimum atomic E-state index is -0.264. The Hall–Kier alpha value is -0.730. The third-order valence-corrected chi connectivity index (χ3v) is 4.01. The minimum Gasteiger partial charge on any atom is -0.398 e. The third kappa shape index (κ3) is 6.15. The first-order valence-corrected chi connectivity index (χ1v) is 8.16. The molecule has 1 fully saturated rings. The van der Waals surface area contributed by atoms with E-state index in [1.54, 1.807) is 0 Å². The largest absolute Gasteiger partial charge is 0.398 e. The predicted octanol–water partition coefficient (Wildman–Crippen LogP) is 5.00. The lowest BCUT2D eigenvalue weighted by Gasteiger charge is -2.25. The smallest absolute Gasteiger partial charge is 0.0452 e. The Morgan fingerprint density at radius 1 is 1.00 bits per heavy atom. The van der Waals surface area contributed by atoms with Gasteiger partial charge in [0, 0.05) is 21.8 Å². The number of nitrogens with two attached hydrogens (primary N) is 2. The van der Waals surface area contributed by atoms with E-state index < -0.39 is 0 Å². The summed E-state index contributed by atoms with van der Waals surface area (Å²) in [4.78, 5) is 0. The van der Waals surface area contributed by atoms with E-state index in [0.717, 1.165) is 18.4 Å². The van der Waals surface area contributed by atoms with Gasteiger partial charge in [-0.2, -0.15) is 0 Å². The molecule has 0 aromatic heterocycles. The summed E-state index contributed by atoms with van der Waals surface area (Å²) in [5.74, 6) is 0. The zero-order chi connectivity index (χ0) is 15.6. The van der Waals surface area contributed by atoms with Gasteiger partial charge in [0.25, 0.3) is 0 Å². The molecule has 3 heteroatoms. The summed E-state index contributed by atoms with van der Waals surface area (Å²) >= 11 is 6.15. The van der Waals surface area contributed by atoms with Crippen molar-refractivity contribution in [3.63, 3.8) is 0 Å². The molecule has 0 aromatic carbocycles. The molecule has 0 bridgehead atoms. The summed E-state index contributed by atoms with van der Waals surface area (Å²) in [6.45, 7) is 7.85. The van der Waals surface area contributed by atoms with Gasteiger partial charge in [-0.1, -0.05) is 63.3 Å². The SMILES string of the molecule is C/C=C(C(/N)=C/C1(N)CCCCCC1)\C(Cl)=C/C.CC. The zero-order valence-corrected chi connectivity index (χ0v) is 14.3. The molecule has 1 aliphatic rings. The lowest BCUT2D eigenvalue weighted by Crippen LogP contribution is -2.38. The molecule has 0 saturated heterocycles. The highest BCUT2D eigenvalue weighted by Crippen LogP contribution is 2.29. The standard InChI is InChI=1S/C15H25ClN2.C2H6/c1-3-12(13(16)4-2)14(17)11-15(18)9-7-5-6-8-10-15;1-2/h3-4,11H,5-10,17-18H2,1-2H3;1-2H3/b12-3+,13-4+,14-11-;. The van der Waals surface area contributed by atoms with Crippen molar-refractivity contribution in [3.8, 4) is 0 Å². The molecule has 0 radical (unpaired) electrons. The Morgan fingerprint density at radius 2 is 1.50 bits per heavy atom. The van der Waals surface area contributed by atoms with E-state index in [2.05, 4.69) is 0 Å². The molecule has 0 amide bonds. The fraction of sp³-hybridized carbons (Fsp3) is 0.647. The van der Waals surface area contributed by atoms with Gasteiger partial charge in [0.1, 0.15) is 0 Å². The molecule has 0 spiro atoms. The molecule has 0 aliphatic heterocycles. The minimum absolute atomic E-state index is 0.264. The molecule has 116 valence electrons. The average Bonchev–Trinajstić information content (AvgIpc) is 2.66. The molecule has 4 N–H and O–H groups in total. The molecular weight excluding hydrogens is 268 g/mol. The first kappa shape index (κ1) is 19.3. The maximum Gasteiger partial charge on any atom is 0.0452 e. The van der Waals surface area contributed by atoms with E-state index >= 15 is 0 Å². The highest BCUT2D eigenvalue weighted by molar-refractivity contribution is 6.32. The van der Waals surface area contributed by atoms with Crippen LogP contribution in [0.4, 0.5) is 0 Å². The fourth-order valence-electron chi connectivity index (χ4n) is 2.52. The second-order valence-corrected chi connectivity index (χ2v) is 5.49. The van der Waals surface area contributed by atoms with E-state index in [1.807, 2.05) is 45.9 Å². The van der Waals surface area contributed by atoms with Gasteiger partial charge in [0.2, 0.25) is 0 Å². The van der Waals surface area contributed by atoms with Gasteiger partial charge in [0.15, 0.2) is 0 Å². The molecule has 2 nitrogen and oxygen atoms in total. The maximum atomic E-state index is 6.45. The normalized spacial score (nSPS) is 20.8. The number of halogens is 1. The summed E-state index contributed by atoms with van der Waals surface area (Å²) in [7, 11) is 0. The van der Waals surface area contributed by atoms with Crippen molar-refractivity contribution in [2.24, 2.45) is 11.5 Å². The Labute approximate surface area is 129 Å². The first-order valence-electron chi connectivity index (χ1n) is 7.78. The van der Waals surface area contributed by atoms with Gasteiger partial charge in [-0.3, -0.25) is 0 Å². The highest BCUT2D eigenvalue weighted by atomic mass is 35.5. The van der Waals surface area contributed by atoms with Crippen molar-refractivity contribution in [3.05, 3.63) is 34.5 Å². The van der Waals surface area contributed by atoms with Crippen LogP contribution in [0.15, 0.2) is 34.5 Å². The molecule has 1 saturated carbocycles. The van der Waals surface area contributed by atoms with Crippen LogP contribution in [-0.4, -0.2) is 5.54 Å². The van der Waals surface area contributed by atoms with Crippen molar-refractivity contribution >= 4 is 11.6 Å². The summed E-state index contributed by atoms with van der Waals surface area (Å²) in [6.07, 6.45) is 12.8. The van der Waals surface area contributed by atoms with E-state index in [-0.39, 0.29) is 5.54 Å². The molecule has 0 heterocycles. The number of allylic oxidation sites excluding steroid dienone is 3. The summed E-state index contributed by atoms with van der Waals surface area (Å²) < 4.78 is 0. The highest BCUT2D eigenvalue weighted by Gasteiger charge is 2.24. The van der Waals surface area contributed by atoms with Crippen LogP contribution in [0, 0.1) is 0 Å². The summed E-state index contributed by atoms with van der Waals surface area (Å²) in [5, 5.41) is 0.684. The molecule has 0 aromatic rings. The van der Waals surface area contributed by atoms with Gasteiger partial charge in [0.05, 0.1) is 0 Å². The maximum absolute atomic E-state index is 6.45. The fourth-order valence-corrected chi connectivity index (χ4v) is 2.73. The van der Waals surface area contributed by atoms with Crippen molar-refractivity contribution in [2.45, 2.75) is 71.8 Å². The summed E-state index contributed by atoms with van der Waals surface area (Å²) in [5.41, 5.74) is 13.9. The Balaban J connectivity index is 0.00000172. The molecular formula is C17H31ClN2. The molecule has 20 heavy (non-hydrogen) atoms. The first-order chi connectivity index (χ1) is 9.52. The monoisotopic (exact) mass is 298 g/mol. The van der Waals surface area contributed by atoms with Crippen molar-refractivity contribution in [1.82, 2.24) is 0 Å².